The van der Waals surface area contributed by atoms with Gasteiger partial charge in [-0.15, -0.1) is 0 Å². The van der Waals surface area contributed by atoms with Crippen molar-refractivity contribution in [3.8, 4) is 0 Å². The van der Waals surface area contributed by atoms with Crippen LogP contribution in [0.15, 0.2) is 6.20 Å². The minimum absolute atomic E-state index is 0.224. The Balaban J connectivity index is 2.23. The highest BCUT2D eigenvalue weighted by molar-refractivity contribution is 5.97. The van der Waals surface area contributed by atoms with Crippen molar-refractivity contribution in [3.63, 3.8) is 0 Å². The van der Waals surface area contributed by atoms with Crippen molar-refractivity contribution < 1.29 is 9.53 Å². The summed E-state index contributed by atoms with van der Waals surface area (Å²) in [6.07, 6.45) is 1.44. The number of hydrogen-bond acceptors (Lipinski definition) is 6. The van der Waals surface area contributed by atoms with Gasteiger partial charge in [-0.25, -0.2) is 4.98 Å². The van der Waals surface area contributed by atoms with Crippen LogP contribution in [0.25, 0.3) is 0 Å². The van der Waals surface area contributed by atoms with E-state index >= 15 is 0 Å². The molecule has 0 spiro atoms. The second kappa shape index (κ2) is 5.00. The lowest BCUT2D eigenvalue weighted by molar-refractivity contribution is 0.0208. The van der Waals surface area contributed by atoms with Gasteiger partial charge in [0, 0.05) is 11.7 Å². The average molecular weight is 265 g/mol. The summed E-state index contributed by atoms with van der Waals surface area (Å²) in [7, 11) is 0. The molecule has 1 aliphatic heterocycles. The van der Waals surface area contributed by atoms with Crippen molar-refractivity contribution in [2.24, 2.45) is 5.73 Å². The molecule has 19 heavy (non-hydrogen) atoms. The first-order valence-electron chi connectivity index (χ1n) is 6.14. The first-order chi connectivity index (χ1) is 8.85. The smallest absolute Gasteiger partial charge is 0.254 e. The molecule has 0 aliphatic carbocycles. The maximum absolute atomic E-state index is 11.4. The van der Waals surface area contributed by atoms with E-state index in [1.54, 1.807) is 0 Å². The monoisotopic (exact) mass is 265 g/mol. The molecular formula is C12H19N5O2. The van der Waals surface area contributed by atoms with Crippen molar-refractivity contribution in [1.82, 2.24) is 9.97 Å². The van der Waals surface area contributed by atoms with Crippen LogP contribution in [-0.4, -0.2) is 40.7 Å². The molecular weight excluding hydrogens is 246 g/mol. The van der Waals surface area contributed by atoms with Gasteiger partial charge < -0.3 is 21.1 Å². The van der Waals surface area contributed by atoms with Crippen molar-refractivity contribution >= 4 is 17.7 Å². The summed E-state index contributed by atoms with van der Waals surface area (Å²) in [4.78, 5) is 19.8. The van der Waals surface area contributed by atoms with Gasteiger partial charge in [-0.05, 0) is 20.8 Å². The molecule has 1 amide bonds. The van der Waals surface area contributed by atoms with Crippen LogP contribution in [0.3, 0.4) is 0 Å². The van der Waals surface area contributed by atoms with Gasteiger partial charge in [0.1, 0.15) is 5.82 Å². The van der Waals surface area contributed by atoms with Gasteiger partial charge in [0.05, 0.1) is 24.8 Å². The maximum atomic E-state index is 11.4. The highest BCUT2D eigenvalue weighted by Gasteiger charge is 2.21. The van der Waals surface area contributed by atoms with Crippen molar-refractivity contribution in [2.75, 3.05) is 23.8 Å². The van der Waals surface area contributed by atoms with Crippen LogP contribution in [0.4, 0.5) is 11.8 Å². The van der Waals surface area contributed by atoms with E-state index < -0.39 is 5.91 Å². The number of aromatic nitrogens is 2. The number of nitrogens with two attached hydrogens (primary N) is 1. The largest absolute Gasteiger partial charge is 0.377 e. The standard InChI is InChI=1S/C12H19N5O2/c1-12(2,3)17-10-8(9(13)18)4-14-11(16-10)15-7-5-19-6-7/h4,7H,5-6H2,1-3H3,(H2,13,18)(H2,14,15,16,17). The van der Waals surface area contributed by atoms with Gasteiger partial charge >= 0.3 is 0 Å². The lowest BCUT2D eigenvalue weighted by Gasteiger charge is -2.27. The Kier molecular flexibility index (Phi) is 3.57. The summed E-state index contributed by atoms with van der Waals surface area (Å²) >= 11 is 0. The van der Waals surface area contributed by atoms with Crippen LogP contribution in [0.5, 0.6) is 0 Å². The molecule has 0 radical (unpaired) electrons. The number of amides is 1. The number of primary amides is 1. The molecule has 4 N–H and O–H groups in total. The first-order valence-corrected chi connectivity index (χ1v) is 6.14. The normalized spacial score (nSPS) is 15.7. The quantitative estimate of drug-likeness (QED) is 0.736. The summed E-state index contributed by atoms with van der Waals surface area (Å²) in [6, 6.07) is 0.224. The number of ether oxygens (including phenoxy) is 1. The van der Waals surface area contributed by atoms with E-state index in [0.29, 0.717) is 25.0 Å². The zero-order chi connectivity index (χ0) is 14.0. The highest BCUT2D eigenvalue weighted by Crippen LogP contribution is 2.19. The van der Waals surface area contributed by atoms with Crippen LogP contribution in [0.2, 0.25) is 0 Å². The zero-order valence-corrected chi connectivity index (χ0v) is 11.4. The molecule has 104 valence electrons. The predicted octanol–water partition coefficient (Wildman–Crippen LogP) is 0.597. The van der Waals surface area contributed by atoms with Crippen LogP contribution in [0, 0.1) is 0 Å². The number of rotatable bonds is 4. The third-order valence-corrected chi connectivity index (χ3v) is 2.52. The average Bonchev–Trinajstić information content (AvgIpc) is 2.21. The third-order valence-electron chi connectivity index (χ3n) is 2.52. The van der Waals surface area contributed by atoms with E-state index in [4.69, 9.17) is 10.5 Å². The molecule has 1 aromatic rings. The van der Waals surface area contributed by atoms with Crippen molar-refractivity contribution in [2.45, 2.75) is 32.4 Å². The van der Waals surface area contributed by atoms with E-state index in [1.807, 2.05) is 20.8 Å². The second-order valence-electron chi connectivity index (χ2n) is 5.57. The molecule has 1 saturated heterocycles. The van der Waals surface area contributed by atoms with Gasteiger partial charge in [0.25, 0.3) is 5.91 Å². The van der Waals surface area contributed by atoms with E-state index in [1.165, 1.54) is 6.20 Å². The van der Waals surface area contributed by atoms with Crippen LogP contribution in [0.1, 0.15) is 31.1 Å². The molecule has 1 aliphatic rings. The van der Waals surface area contributed by atoms with Gasteiger partial charge in [-0.3, -0.25) is 4.79 Å². The molecule has 0 aromatic carbocycles. The Labute approximate surface area is 111 Å². The molecule has 2 rings (SSSR count). The molecule has 7 heteroatoms. The first kappa shape index (κ1) is 13.5. The molecule has 1 aromatic heterocycles. The summed E-state index contributed by atoms with van der Waals surface area (Å²) < 4.78 is 5.07. The molecule has 7 nitrogen and oxygen atoms in total. The minimum Gasteiger partial charge on any atom is -0.377 e. The fourth-order valence-electron chi connectivity index (χ4n) is 1.58. The van der Waals surface area contributed by atoms with E-state index in [-0.39, 0.29) is 17.1 Å². The Morgan fingerprint density at radius 3 is 2.63 bits per heavy atom. The maximum Gasteiger partial charge on any atom is 0.254 e. The Bertz CT molecular complexity index is 479. The molecule has 2 heterocycles. The molecule has 0 unspecified atom stereocenters. The Morgan fingerprint density at radius 2 is 2.16 bits per heavy atom. The Morgan fingerprint density at radius 1 is 1.47 bits per heavy atom. The van der Waals surface area contributed by atoms with E-state index in [2.05, 4.69) is 20.6 Å². The third kappa shape index (κ3) is 3.54. The van der Waals surface area contributed by atoms with Crippen LogP contribution in [-0.2, 0) is 4.74 Å². The predicted molar refractivity (Wildman–Crippen MR) is 72.2 cm³/mol. The summed E-state index contributed by atoms with van der Waals surface area (Å²) in [5, 5.41) is 6.29. The van der Waals surface area contributed by atoms with E-state index in [9.17, 15) is 4.79 Å². The summed E-state index contributed by atoms with van der Waals surface area (Å²) in [6.45, 7) is 7.22. The van der Waals surface area contributed by atoms with Crippen LogP contribution >= 0.6 is 0 Å². The fourth-order valence-corrected chi connectivity index (χ4v) is 1.58. The zero-order valence-electron chi connectivity index (χ0n) is 11.4. The molecule has 0 saturated carbocycles. The summed E-state index contributed by atoms with van der Waals surface area (Å²) in [5.74, 6) is 0.355. The lowest BCUT2D eigenvalue weighted by Crippen LogP contribution is -2.41. The second-order valence-corrected chi connectivity index (χ2v) is 5.57. The molecule has 0 bridgehead atoms. The van der Waals surface area contributed by atoms with Gasteiger partial charge in [0.15, 0.2) is 0 Å². The fraction of sp³-hybridized carbons (Fsp3) is 0.583. The van der Waals surface area contributed by atoms with Gasteiger partial charge in [0.2, 0.25) is 5.95 Å². The Hall–Kier alpha value is -1.89. The lowest BCUT2D eigenvalue weighted by atomic mass is 10.1. The summed E-state index contributed by atoms with van der Waals surface area (Å²) in [5.41, 5.74) is 5.38. The van der Waals surface area contributed by atoms with Crippen molar-refractivity contribution in [3.05, 3.63) is 11.8 Å². The van der Waals surface area contributed by atoms with Crippen LogP contribution < -0.4 is 16.4 Å². The number of nitrogens with one attached hydrogen (secondary N) is 2. The number of hydrogen-bond donors (Lipinski definition) is 3. The van der Waals surface area contributed by atoms with Crippen molar-refractivity contribution in [1.29, 1.82) is 0 Å². The number of nitrogens with zero attached hydrogens (tertiary/aromatic N) is 2. The SMILES string of the molecule is CC(C)(C)Nc1nc(NC2COC2)ncc1C(N)=O. The number of anilines is 2. The van der Waals surface area contributed by atoms with Gasteiger partial charge in [-0.1, -0.05) is 0 Å². The molecule has 1 fully saturated rings. The topological polar surface area (TPSA) is 102 Å². The molecule has 0 atom stereocenters. The van der Waals surface area contributed by atoms with Gasteiger partial charge in [-0.2, -0.15) is 4.98 Å². The number of carbonyl (C=O) groups excluding carboxylic acids is 1. The number of carbonyl (C=O) groups is 1. The minimum atomic E-state index is -0.551. The highest BCUT2D eigenvalue weighted by atomic mass is 16.5. The van der Waals surface area contributed by atoms with E-state index in [0.717, 1.165) is 0 Å².